The van der Waals surface area contributed by atoms with Crippen molar-refractivity contribution in [3.05, 3.63) is 41.0 Å². The van der Waals surface area contributed by atoms with Crippen molar-refractivity contribution in [2.75, 3.05) is 5.32 Å². The van der Waals surface area contributed by atoms with Gasteiger partial charge in [-0.25, -0.2) is 4.39 Å². The second kappa shape index (κ2) is 4.91. The number of nitrogens with zero attached hydrogens (tertiary/aromatic N) is 2. The molecule has 0 aliphatic carbocycles. The Bertz CT molecular complexity index is 607. The van der Waals surface area contributed by atoms with E-state index in [1.54, 1.807) is 10.7 Å². The van der Waals surface area contributed by atoms with Crippen molar-refractivity contribution < 1.29 is 9.50 Å². The van der Waals surface area contributed by atoms with Crippen LogP contribution in [0.5, 0.6) is 5.75 Å². The lowest BCUT2D eigenvalue weighted by Crippen LogP contribution is -2.10. The zero-order valence-corrected chi connectivity index (χ0v) is 11.5. The molecule has 1 unspecified atom stereocenters. The molecule has 2 N–H and O–H groups in total. The highest BCUT2D eigenvalue weighted by Gasteiger charge is 2.15. The van der Waals surface area contributed by atoms with Crippen LogP contribution in [0.15, 0.2) is 18.2 Å². The summed E-state index contributed by atoms with van der Waals surface area (Å²) in [7, 11) is 1.87. The van der Waals surface area contributed by atoms with Crippen molar-refractivity contribution in [3.63, 3.8) is 0 Å². The number of hydrogen-bond donors (Lipinski definition) is 2. The van der Waals surface area contributed by atoms with Crippen LogP contribution in [0.1, 0.15) is 29.9 Å². The summed E-state index contributed by atoms with van der Waals surface area (Å²) in [6.07, 6.45) is 0. The zero-order chi connectivity index (χ0) is 14.2. The van der Waals surface area contributed by atoms with Gasteiger partial charge in [0.2, 0.25) is 0 Å². The lowest BCUT2D eigenvalue weighted by atomic mass is 10.1. The number of rotatable bonds is 3. The third kappa shape index (κ3) is 2.54. The number of benzene rings is 1. The van der Waals surface area contributed by atoms with Gasteiger partial charge in [0.1, 0.15) is 11.6 Å². The molecule has 2 rings (SSSR count). The minimum Gasteiger partial charge on any atom is -0.508 e. The van der Waals surface area contributed by atoms with Crippen LogP contribution < -0.4 is 5.32 Å². The SMILES string of the molecule is Cc1nn(C)c(C)c1NC(C)c1ccc(O)cc1F. The van der Waals surface area contributed by atoms with Gasteiger partial charge in [-0.05, 0) is 26.8 Å². The number of aryl methyl sites for hydroxylation is 2. The lowest BCUT2D eigenvalue weighted by molar-refractivity contribution is 0.467. The molecule has 0 aliphatic rings. The normalized spacial score (nSPS) is 12.5. The molecule has 0 saturated carbocycles. The molecule has 5 heteroatoms. The summed E-state index contributed by atoms with van der Waals surface area (Å²) in [5.74, 6) is -0.485. The zero-order valence-electron chi connectivity index (χ0n) is 11.5. The first-order chi connectivity index (χ1) is 8.90. The maximum Gasteiger partial charge on any atom is 0.132 e. The minimum atomic E-state index is -0.417. The van der Waals surface area contributed by atoms with Gasteiger partial charge in [-0.1, -0.05) is 6.07 Å². The highest BCUT2D eigenvalue weighted by molar-refractivity contribution is 5.53. The third-order valence-electron chi connectivity index (χ3n) is 3.32. The predicted octanol–water partition coefficient (Wildman–Crippen LogP) is 3.05. The first kappa shape index (κ1) is 13.4. The molecule has 0 radical (unpaired) electrons. The van der Waals surface area contributed by atoms with Crippen LogP contribution in [0.3, 0.4) is 0 Å². The van der Waals surface area contributed by atoms with Crippen molar-refractivity contribution in [2.45, 2.75) is 26.8 Å². The van der Waals surface area contributed by atoms with Gasteiger partial charge in [-0.2, -0.15) is 5.10 Å². The molecule has 1 aromatic carbocycles. The van der Waals surface area contributed by atoms with Gasteiger partial charge in [0, 0.05) is 18.7 Å². The molecule has 0 aliphatic heterocycles. The van der Waals surface area contributed by atoms with Crippen molar-refractivity contribution in [2.24, 2.45) is 7.05 Å². The van der Waals surface area contributed by atoms with Crippen LogP contribution in [0.25, 0.3) is 0 Å². The summed E-state index contributed by atoms with van der Waals surface area (Å²) in [4.78, 5) is 0. The van der Waals surface area contributed by atoms with E-state index in [4.69, 9.17) is 0 Å². The number of nitrogens with one attached hydrogen (secondary N) is 1. The summed E-state index contributed by atoms with van der Waals surface area (Å²) < 4.78 is 15.6. The summed E-state index contributed by atoms with van der Waals surface area (Å²) in [6, 6.07) is 3.99. The fraction of sp³-hybridized carbons (Fsp3) is 0.357. The second-order valence-corrected chi connectivity index (χ2v) is 4.74. The van der Waals surface area contributed by atoms with Crippen molar-refractivity contribution in [1.29, 1.82) is 0 Å². The molecule has 4 nitrogen and oxygen atoms in total. The molecule has 19 heavy (non-hydrogen) atoms. The Labute approximate surface area is 111 Å². The first-order valence-electron chi connectivity index (χ1n) is 6.15. The molecule has 0 saturated heterocycles. The molecule has 1 heterocycles. The Morgan fingerprint density at radius 3 is 2.58 bits per heavy atom. The Morgan fingerprint density at radius 2 is 2.05 bits per heavy atom. The molecule has 0 amide bonds. The highest BCUT2D eigenvalue weighted by Crippen LogP contribution is 2.27. The van der Waals surface area contributed by atoms with E-state index >= 15 is 0 Å². The summed E-state index contributed by atoms with van der Waals surface area (Å²) >= 11 is 0. The minimum absolute atomic E-state index is 0.0674. The van der Waals surface area contributed by atoms with Gasteiger partial charge >= 0.3 is 0 Å². The number of hydrogen-bond acceptors (Lipinski definition) is 3. The van der Waals surface area contributed by atoms with Crippen molar-refractivity contribution in [1.82, 2.24) is 9.78 Å². The van der Waals surface area contributed by atoms with E-state index in [2.05, 4.69) is 10.4 Å². The fourth-order valence-electron chi connectivity index (χ4n) is 2.14. The molecular formula is C14H18FN3O. The number of anilines is 1. The topological polar surface area (TPSA) is 50.1 Å². The molecule has 0 bridgehead atoms. The lowest BCUT2D eigenvalue weighted by Gasteiger charge is -2.17. The molecule has 2 aromatic rings. The molecule has 0 spiro atoms. The molecule has 1 atom stereocenters. The average Bonchev–Trinajstić information content (AvgIpc) is 2.56. The van der Waals surface area contributed by atoms with Gasteiger partial charge in [-0.3, -0.25) is 4.68 Å². The van der Waals surface area contributed by atoms with Gasteiger partial charge in [0.25, 0.3) is 0 Å². The van der Waals surface area contributed by atoms with Crippen LogP contribution in [0.2, 0.25) is 0 Å². The Hall–Kier alpha value is -2.04. The van der Waals surface area contributed by atoms with Gasteiger partial charge < -0.3 is 10.4 Å². The largest absolute Gasteiger partial charge is 0.508 e. The Balaban J connectivity index is 2.28. The first-order valence-corrected chi connectivity index (χ1v) is 6.15. The van der Waals surface area contributed by atoms with E-state index in [1.807, 2.05) is 27.8 Å². The molecule has 0 fully saturated rings. The summed E-state index contributed by atoms with van der Waals surface area (Å²) in [5.41, 5.74) is 3.32. The van der Waals surface area contributed by atoms with Gasteiger partial charge in [0.05, 0.1) is 23.1 Å². The van der Waals surface area contributed by atoms with Crippen LogP contribution in [-0.4, -0.2) is 14.9 Å². The van der Waals surface area contributed by atoms with E-state index in [-0.39, 0.29) is 11.8 Å². The number of aromatic nitrogens is 2. The van der Waals surface area contributed by atoms with Crippen LogP contribution in [0.4, 0.5) is 10.1 Å². The smallest absolute Gasteiger partial charge is 0.132 e. The maximum atomic E-state index is 13.8. The fourth-order valence-corrected chi connectivity index (χ4v) is 2.14. The maximum absolute atomic E-state index is 13.8. The standard InChI is InChI=1S/C14H18FN3O/c1-8(12-6-5-11(19)7-13(12)15)16-14-9(2)17-18(4)10(14)3/h5-8,16,19H,1-4H3. The van der Waals surface area contributed by atoms with Crippen LogP contribution in [0, 0.1) is 19.7 Å². The predicted molar refractivity (Wildman–Crippen MR) is 72.8 cm³/mol. The van der Waals surface area contributed by atoms with Crippen LogP contribution >= 0.6 is 0 Å². The number of phenolic OH excluding ortho intramolecular Hbond substituents is 1. The Morgan fingerprint density at radius 1 is 1.37 bits per heavy atom. The van der Waals surface area contributed by atoms with E-state index in [0.717, 1.165) is 23.1 Å². The Kier molecular flexibility index (Phi) is 3.46. The molecular weight excluding hydrogens is 245 g/mol. The average molecular weight is 263 g/mol. The van der Waals surface area contributed by atoms with E-state index in [9.17, 15) is 9.50 Å². The van der Waals surface area contributed by atoms with Crippen molar-refractivity contribution in [3.8, 4) is 5.75 Å². The molecule has 102 valence electrons. The quantitative estimate of drug-likeness (QED) is 0.894. The van der Waals surface area contributed by atoms with Gasteiger partial charge in [0.15, 0.2) is 0 Å². The van der Waals surface area contributed by atoms with E-state index in [1.165, 1.54) is 6.07 Å². The van der Waals surface area contributed by atoms with Gasteiger partial charge in [-0.15, -0.1) is 0 Å². The monoisotopic (exact) mass is 263 g/mol. The third-order valence-corrected chi connectivity index (χ3v) is 3.32. The molecule has 1 aromatic heterocycles. The number of aromatic hydroxyl groups is 1. The number of halogens is 1. The highest BCUT2D eigenvalue weighted by atomic mass is 19.1. The van der Waals surface area contributed by atoms with Crippen LogP contribution in [-0.2, 0) is 7.05 Å². The van der Waals surface area contributed by atoms with E-state index in [0.29, 0.717) is 5.56 Å². The summed E-state index contributed by atoms with van der Waals surface area (Å²) in [6.45, 7) is 5.75. The van der Waals surface area contributed by atoms with Crippen molar-refractivity contribution >= 4 is 5.69 Å². The second-order valence-electron chi connectivity index (χ2n) is 4.74. The number of phenols is 1. The van der Waals surface area contributed by atoms with E-state index < -0.39 is 5.82 Å². The summed E-state index contributed by atoms with van der Waals surface area (Å²) in [5, 5.41) is 16.8.